The summed E-state index contributed by atoms with van der Waals surface area (Å²) in [5.41, 5.74) is 0.798. The zero-order chi connectivity index (χ0) is 10.6. The van der Waals surface area contributed by atoms with Crippen LogP contribution in [0.25, 0.3) is 0 Å². The SMILES string of the molecule is C=CCC(C(=O)O)c1cccc(Br)c1. The maximum absolute atomic E-state index is 10.9. The van der Waals surface area contributed by atoms with E-state index in [1.807, 2.05) is 24.3 Å². The van der Waals surface area contributed by atoms with Crippen molar-refractivity contribution in [2.75, 3.05) is 0 Å². The van der Waals surface area contributed by atoms with Crippen LogP contribution in [-0.2, 0) is 4.79 Å². The van der Waals surface area contributed by atoms with Crippen LogP contribution in [0.4, 0.5) is 0 Å². The number of rotatable bonds is 4. The highest BCUT2D eigenvalue weighted by atomic mass is 79.9. The molecule has 0 radical (unpaired) electrons. The van der Waals surface area contributed by atoms with Crippen molar-refractivity contribution < 1.29 is 9.90 Å². The zero-order valence-corrected chi connectivity index (χ0v) is 9.20. The topological polar surface area (TPSA) is 37.3 Å². The number of carboxylic acids is 1. The highest BCUT2D eigenvalue weighted by molar-refractivity contribution is 9.10. The summed E-state index contributed by atoms with van der Waals surface area (Å²) in [7, 11) is 0. The monoisotopic (exact) mass is 254 g/mol. The summed E-state index contributed by atoms with van der Waals surface area (Å²) < 4.78 is 0.894. The lowest BCUT2D eigenvalue weighted by Gasteiger charge is -2.10. The summed E-state index contributed by atoms with van der Waals surface area (Å²) in [4.78, 5) is 10.9. The molecule has 74 valence electrons. The molecule has 0 heterocycles. The van der Waals surface area contributed by atoms with Gasteiger partial charge in [0.2, 0.25) is 0 Å². The van der Waals surface area contributed by atoms with Gasteiger partial charge >= 0.3 is 5.97 Å². The lowest BCUT2D eigenvalue weighted by atomic mass is 9.96. The van der Waals surface area contributed by atoms with Crippen LogP contribution in [0.5, 0.6) is 0 Å². The molecule has 0 aliphatic heterocycles. The molecule has 14 heavy (non-hydrogen) atoms. The quantitative estimate of drug-likeness (QED) is 0.839. The molecule has 0 bridgehead atoms. The van der Waals surface area contributed by atoms with Crippen molar-refractivity contribution in [3.05, 3.63) is 47.0 Å². The molecule has 1 atom stereocenters. The average Bonchev–Trinajstić information content (AvgIpc) is 2.13. The van der Waals surface area contributed by atoms with E-state index in [4.69, 9.17) is 5.11 Å². The molecule has 0 aliphatic rings. The van der Waals surface area contributed by atoms with Gasteiger partial charge in [0, 0.05) is 4.47 Å². The summed E-state index contributed by atoms with van der Waals surface area (Å²) in [6, 6.07) is 7.34. The predicted octanol–water partition coefficient (Wildman–Crippen LogP) is 3.19. The molecule has 0 spiro atoms. The lowest BCUT2D eigenvalue weighted by molar-refractivity contribution is -0.138. The third-order valence-corrected chi connectivity index (χ3v) is 2.44. The second kappa shape index (κ2) is 4.96. The van der Waals surface area contributed by atoms with Gasteiger partial charge in [-0.25, -0.2) is 0 Å². The molecular weight excluding hydrogens is 244 g/mol. The number of benzene rings is 1. The minimum atomic E-state index is -0.817. The van der Waals surface area contributed by atoms with E-state index in [0.29, 0.717) is 6.42 Å². The van der Waals surface area contributed by atoms with Gasteiger partial charge in [0.05, 0.1) is 5.92 Å². The van der Waals surface area contributed by atoms with E-state index >= 15 is 0 Å². The third kappa shape index (κ3) is 2.70. The molecule has 1 N–H and O–H groups in total. The Morgan fingerprint density at radius 1 is 1.64 bits per heavy atom. The van der Waals surface area contributed by atoms with E-state index in [-0.39, 0.29) is 0 Å². The molecule has 0 saturated heterocycles. The van der Waals surface area contributed by atoms with Gasteiger partial charge in [-0.1, -0.05) is 34.1 Å². The molecule has 1 unspecified atom stereocenters. The second-order valence-corrected chi connectivity index (χ2v) is 3.89. The fourth-order valence-corrected chi connectivity index (χ4v) is 1.69. The third-order valence-electron chi connectivity index (χ3n) is 1.95. The number of carboxylic acid groups (broad SMARTS) is 1. The summed E-state index contributed by atoms with van der Waals surface area (Å²) >= 11 is 3.31. The van der Waals surface area contributed by atoms with Crippen LogP contribution in [0.2, 0.25) is 0 Å². The van der Waals surface area contributed by atoms with E-state index < -0.39 is 11.9 Å². The first kappa shape index (κ1) is 11.0. The van der Waals surface area contributed by atoms with Gasteiger partial charge in [0.15, 0.2) is 0 Å². The van der Waals surface area contributed by atoms with Crippen molar-refractivity contribution in [2.24, 2.45) is 0 Å². The Kier molecular flexibility index (Phi) is 3.89. The van der Waals surface area contributed by atoms with Crippen molar-refractivity contribution in [1.29, 1.82) is 0 Å². The number of hydrogen-bond donors (Lipinski definition) is 1. The van der Waals surface area contributed by atoms with Gasteiger partial charge in [-0.15, -0.1) is 6.58 Å². The number of aliphatic carboxylic acids is 1. The van der Waals surface area contributed by atoms with E-state index in [9.17, 15) is 4.79 Å². The Balaban J connectivity index is 2.98. The number of halogens is 1. The predicted molar refractivity (Wildman–Crippen MR) is 59.3 cm³/mol. The van der Waals surface area contributed by atoms with Gasteiger partial charge in [0.25, 0.3) is 0 Å². The Labute approximate surface area is 91.4 Å². The van der Waals surface area contributed by atoms with Crippen LogP contribution in [0.1, 0.15) is 17.9 Å². The molecule has 1 aromatic rings. The average molecular weight is 255 g/mol. The van der Waals surface area contributed by atoms with Crippen LogP contribution < -0.4 is 0 Å². The van der Waals surface area contributed by atoms with Crippen molar-refractivity contribution in [3.8, 4) is 0 Å². The van der Waals surface area contributed by atoms with Crippen LogP contribution in [-0.4, -0.2) is 11.1 Å². The van der Waals surface area contributed by atoms with E-state index in [1.54, 1.807) is 6.08 Å². The smallest absolute Gasteiger partial charge is 0.311 e. The molecule has 2 nitrogen and oxygen atoms in total. The van der Waals surface area contributed by atoms with Gasteiger partial charge in [-0.05, 0) is 24.1 Å². The van der Waals surface area contributed by atoms with Crippen molar-refractivity contribution >= 4 is 21.9 Å². The van der Waals surface area contributed by atoms with Crippen LogP contribution in [0.15, 0.2) is 41.4 Å². The molecule has 0 saturated carbocycles. The van der Waals surface area contributed by atoms with Crippen molar-refractivity contribution in [2.45, 2.75) is 12.3 Å². The maximum Gasteiger partial charge on any atom is 0.311 e. The minimum Gasteiger partial charge on any atom is -0.481 e. The number of carbonyl (C=O) groups is 1. The Morgan fingerprint density at radius 3 is 2.86 bits per heavy atom. The largest absolute Gasteiger partial charge is 0.481 e. The first-order chi connectivity index (χ1) is 6.65. The van der Waals surface area contributed by atoms with Gasteiger partial charge < -0.3 is 5.11 Å². The van der Waals surface area contributed by atoms with Crippen LogP contribution in [0, 0.1) is 0 Å². The fourth-order valence-electron chi connectivity index (χ4n) is 1.27. The van der Waals surface area contributed by atoms with E-state index in [1.165, 1.54) is 0 Å². The molecule has 0 fully saturated rings. The summed E-state index contributed by atoms with van der Waals surface area (Å²) in [5.74, 6) is -1.31. The Hall–Kier alpha value is -1.09. The molecule has 1 aromatic carbocycles. The minimum absolute atomic E-state index is 0.450. The molecule has 0 aromatic heterocycles. The lowest BCUT2D eigenvalue weighted by Crippen LogP contribution is -2.10. The van der Waals surface area contributed by atoms with Crippen molar-refractivity contribution in [1.82, 2.24) is 0 Å². The Morgan fingerprint density at radius 2 is 2.36 bits per heavy atom. The van der Waals surface area contributed by atoms with Gasteiger partial charge in [-0.3, -0.25) is 4.79 Å². The summed E-state index contributed by atoms with van der Waals surface area (Å²) in [6.45, 7) is 3.56. The molecule has 0 amide bonds. The fraction of sp³-hybridized carbons (Fsp3) is 0.182. The van der Waals surface area contributed by atoms with Crippen LogP contribution >= 0.6 is 15.9 Å². The first-order valence-corrected chi connectivity index (χ1v) is 5.03. The number of allylic oxidation sites excluding steroid dienone is 1. The van der Waals surface area contributed by atoms with Crippen molar-refractivity contribution in [3.63, 3.8) is 0 Å². The molecular formula is C11H11BrO2. The number of hydrogen-bond acceptors (Lipinski definition) is 1. The zero-order valence-electron chi connectivity index (χ0n) is 7.61. The van der Waals surface area contributed by atoms with Crippen LogP contribution in [0.3, 0.4) is 0 Å². The summed E-state index contributed by atoms with van der Waals surface area (Å²) in [6.07, 6.45) is 2.07. The highest BCUT2D eigenvalue weighted by Crippen LogP contribution is 2.23. The highest BCUT2D eigenvalue weighted by Gasteiger charge is 2.17. The second-order valence-electron chi connectivity index (χ2n) is 2.97. The molecule has 0 aliphatic carbocycles. The van der Waals surface area contributed by atoms with E-state index in [2.05, 4.69) is 22.5 Å². The van der Waals surface area contributed by atoms with Gasteiger partial charge in [-0.2, -0.15) is 0 Å². The maximum atomic E-state index is 10.9. The molecule has 1 rings (SSSR count). The molecule has 3 heteroatoms. The first-order valence-electron chi connectivity index (χ1n) is 4.24. The normalized spacial score (nSPS) is 12.1. The van der Waals surface area contributed by atoms with E-state index in [0.717, 1.165) is 10.0 Å². The standard InChI is InChI=1S/C11H11BrO2/c1-2-4-10(11(13)14)8-5-3-6-9(12)7-8/h2-3,5-7,10H,1,4H2,(H,13,14). The van der Waals surface area contributed by atoms with Gasteiger partial charge in [0.1, 0.15) is 0 Å². The summed E-state index contributed by atoms with van der Waals surface area (Å²) in [5, 5.41) is 8.99. The Bertz CT molecular complexity index is 347.